The minimum absolute atomic E-state index is 0.0196. The molecule has 0 unspecified atom stereocenters. The van der Waals surface area contributed by atoms with Gasteiger partial charge in [0.05, 0.1) is 24.4 Å². The van der Waals surface area contributed by atoms with Gasteiger partial charge in [0.15, 0.2) is 24.4 Å². The molecule has 4 saturated carbocycles. The van der Waals surface area contributed by atoms with Crippen molar-refractivity contribution in [2.24, 2.45) is 47.3 Å². The molecule has 12 atom stereocenters. The molecule has 4 aliphatic carbocycles. The molecule has 0 radical (unpaired) electrons. The van der Waals surface area contributed by atoms with Crippen molar-refractivity contribution in [1.82, 2.24) is 21.3 Å². The smallest absolute Gasteiger partial charge is 0.257 e. The molecule has 8 rings (SSSR count). The van der Waals surface area contributed by atoms with Gasteiger partial charge < -0.3 is 60.6 Å². The second-order valence-corrected chi connectivity index (χ2v) is 26.6. The third-order valence-electron chi connectivity index (χ3n) is 19.5. The SMILES string of the molecule is CO[C@H](C(=O)N/C=C\[C@@H](C)[C@@H](O)C1CCCCC1)c1ccccc1.CO[C@H](C(=O)N/C=C\[C@@H](C)[C@@H](O)C1CCCCC1)c1ccccc1.CO[C@H](C(=O)N/C=C\[C@@H](C)[C@@H](O)C1CCCCC1)c1ccccc1.CO[C@H](C(=O)N/C=C\[C@@H](C)[C@@H](O)C1CCCCC1)c1ccccc1. The molecule has 0 spiro atoms. The van der Waals surface area contributed by atoms with Crippen LogP contribution in [0.4, 0.5) is 0 Å². The largest absolute Gasteiger partial charge is 0.392 e. The third-order valence-corrected chi connectivity index (χ3v) is 19.5. The van der Waals surface area contributed by atoms with Crippen LogP contribution in [0.25, 0.3) is 0 Å². The van der Waals surface area contributed by atoms with Crippen molar-refractivity contribution in [2.45, 2.75) is 205 Å². The Labute approximate surface area is 574 Å². The number of methoxy groups -OCH3 is 4. The van der Waals surface area contributed by atoms with Crippen LogP contribution in [0.15, 0.2) is 170 Å². The lowest BCUT2D eigenvalue weighted by Gasteiger charge is -2.29. The Morgan fingerprint density at radius 1 is 0.312 bits per heavy atom. The Morgan fingerprint density at radius 2 is 0.479 bits per heavy atom. The molecule has 0 aromatic heterocycles. The van der Waals surface area contributed by atoms with Gasteiger partial charge in [-0.1, -0.05) is 250 Å². The summed E-state index contributed by atoms with van der Waals surface area (Å²) in [6, 6.07) is 37.6. The van der Waals surface area contributed by atoms with Gasteiger partial charge in [0.25, 0.3) is 23.6 Å². The van der Waals surface area contributed by atoms with Gasteiger partial charge in [0.2, 0.25) is 0 Å². The van der Waals surface area contributed by atoms with Crippen LogP contribution < -0.4 is 21.3 Å². The summed E-state index contributed by atoms with van der Waals surface area (Å²) in [7, 11) is 6.10. The van der Waals surface area contributed by atoms with Crippen LogP contribution in [-0.2, 0) is 38.1 Å². The van der Waals surface area contributed by atoms with E-state index in [0.717, 1.165) is 73.6 Å². The van der Waals surface area contributed by atoms with E-state index in [4.69, 9.17) is 18.9 Å². The van der Waals surface area contributed by atoms with Gasteiger partial charge >= 0.3 is 0 Å². The minimum atomic E-state index is -0.630. The van der Waals surface area contributed by atoms with Gasteiger partial charge in [-0.2, -0.15) is 0 Å². The van der Waals surface area contributed by atoms with Crippen molar-refractivity contribution in [1.29, 1.82) is 0 Å². The first-order valence-corrected chi connectivity index (χ1v) is 35.4. The van der Waals surface area contributed by atoms with Gasteiger partial charge in [-0.25, -0.2) is 0 Å². The quantitative estimate of drug-likeness (QED) is 0.0265. The first-order chi connectivity index (χ1) is 46.5. The zero-order chi connectivity index (χ0) is 69.5. The summed E-state index contributed by atoms with van der Waals surface area (Å²) in [5.74, 6) is 0.761. The maximum atomic E-state index is 12.3. The molecule has 8 N–H and O–H groups in total. The topological polar surface area (TPSA) is 234 Å². The molecule has 528 valence electrons. The predicted molar refractivity (Wildman–Crippen MR) is 381 cm³/mol. The van der Waals surface area contributed by atoms with Gasteiger partial charge in [-0.15, -0.1) is 0 Å². The van der Waals surface area contributed by atoms with Crippen molar-refractivity contribution < 1.29 is 58.6 Å². The highest BCUT2D eigenvalue weighted by molar-refractivity contribution is 5.84. The van der Waals surface area contributed by atoms with Gasteiger partial charge in [0.1, 0.15) is 0 Å². The molecule has 96 heavy (non-hydrogen) atoms. The predicted octanol–water partition coefficient (Wildman–Crippen LogP) is 14.3. The van der Waals surface area contributed by atoms with E-state index in [9.17, 15) is 39.6 Å². The number of rotatable bonds is 28. The van der Waals surface area contributed by atoms with E-state index in [1.165, 1.54) is 105 Å². The van der Waals surface area contributed by atoms with Gasteiger partial charge in [-0.3, -0.25) is 19.2 Å². The number of benzene rings is 4. The highest BCUT2D eigenvalue weighted by Crippen LogP contribution is 2.34. The summed E-state index contributed by atoms with van der Waals surface area (Å²) in [4.78, 5) is 49.1. The van der Waals surface area contributed by atoms with Crippen LogP contribution in [0.3, 0.4) is 0 Å². The van der Waals surface area contributed by atoms with Crippen molar-refractivity contribution in [3.63, 3.8) is 0 Å². The first kappa shape index (κ1) is 80.1. The van der Waals surface area contributed by atoms with E-state index in [1.807, 2.05) is 173 Å². The summed E-state index contributed by atoms with van der Waals surface area (Å²) >= 11 is 0. The number of ether oxygens (including phenoxy) is 4. The zero-order valence-corrected chi connectivity index (χ0v) is 58.6. The number of hydrogen-bond donors (Lipinski definition) is 8. The molecule has 16 heteroatoms. The number of aliphatic hydroxyl groups is 4. The molecule has 4 aromatic rings. The number of hydrogen-bond acceptors (Lipinski definition) is 12. The molecule has 0 heterocycles. The van der Waals surface area contributed by atoms with E-state index in [2.05, 4.69) is 21.3 Å². The van der Waals surface area contributed by atoms with Crippen LogP contribution in [0.2, 0.25) is 0 Å². The zero-order valence-electron chi connectivity index (χ0n) is 58.6. The second-order valence-electron chi connectivity index (χ2n) is 26.6. The van der Waals surface area contributed by atoms with E-state index in [1.54, 1.807) is 24.8 Å². The molecule has 4 fully saturated rings. The molecular formula is C80H116N4O12. The number of nitrogens with one attached hydrogen (secondary N) is 4. The number of aliphatic hydroxyl groups excluding tert-OH is 4. The van der Waals surface area contributed by atoms with Crippen LogP contribution in [-0.4, -0.2) is 96.9 Å². The minimum Gasteiger partial charge on any atom is -0.392 e. The molecule has 0 saturated heterocycles. The molecular weight excluding hydrogens is 1210 g/mol. The average molecular weight is 1330 g/mol. The summed E-state index contributed by atoms with van der Waals surface area (Å²) in [5.41, 5.74) is 3.28. The molecule has 0 bridgehead atoms. The lowest BCUT2D eigenvalue weighted by atomic mass is 9.81. The lowest BCUT2D eigenvalue weighted by molar-refractivity contribution is -0.131. The summed E-state index contributed by atoms with van der Waals surface area (Å²) in [6.07, 6.45) is 33.7. The summed E-state index contributed by atoms with van der Waals surface area (Å²) < 4.78 is 21.2. The summed E-state index contributed by atoms with van der Waals surface area (Å²) in [6.45, 7) is 7.97. The third kappa shape index (κ3) is 27.7. The molecule has 0 aliphatic heterocycles. The van der Waals surface area contributed by atoms with Gasteiger partial charge in [-0.05, 0) is 97.3 Å². The molecule has 4 aliphatic rings. The monoisotopic (exact) mass is 1320 g/mol. The van der Waals surface area contributed by atoms with Crippen LogP contribution in [0, 0.1) is 47.3 Å². The second kappa shape index (κ2) is 45.8. The molecule has 4 amide bonds. The van der Waals surface area contributed by atoms with Crippen LogP contribution in [0.5, 0.6) is 0 Å². The Balaban J connectivity index is 0.000000231. The Morgan fingerprint density at radius 3 is 0.635 bits per heavy atom. The van der Waals surface area contributed by atoms with E-state index in [-0.39, 0.29) is 71.7 Å². The van der Waals surface area contributed by atoms with Crippen LogP contribution in [0.1, 0.15) is 203 Å². The highest BCUT2D eigenvalue weighted by atomic mass is 16.5. The van der Waals surface area contributed by atoms with Gasteiger partial charge in [0, 0.05) is 76.9 Å². The standard InChI is InChI=1S/4C20H29NO3/c4*1-15(18(22)16-9-5-3-6-10-16)13-14-21-20(23)19(24-2)17-11-7-4-8-12-17/h4*4,7-8,11-16,18-19,22H,3,5-6,9-10H2,1-2H3,(H,21,23)/b4*14-13-/t4*15-,18-,19+/m1111/s1. The van der Waals surface area contributed by atoms with Crippen LogP contribution >= 0.6 is 0 Å². The highest BCUT2D eigenvalue weighted by Gasteiger charge is 2.30. The fraction of sp³-hybridized carbons (Fsp3) is 0.550. The van der Waals surface area contributed by atoms with E-state index in [0.29, 0.717) is 23.7 Å². The number of carbonyl (C=O) groups is 4. The first-order valence-electron chi connectivity index (χ1n) is 35.4. The normalized spacial score (nSPS) is 19.8. The van der Waals surface area contributed by atoms with E-state index < -0.39 is 24.4 Å². The number of amides is 4. The number of carbonyl (C=O) groups excluding carboxylic acids is 4. The van der Waals surface area contributed by atoms with Crippen molar-refractivity contribution >= 4 is 23.6 Å². The average Bonchev–Trinajstić information content (AvgIpc) is 2.57. The Bertz CT molecular complexity index is 2480. The lowest BCUT2D eigenvalue weighted by Crippen LogP contribution is -2.29. The van der Waals surface area contributed by atoms with Crippen molar-refractivity contribution in [2.75, 3.05) is 28.4 Å². The maximum Gasteiger partial charge on any atom is 0.257 e. The Hall–Kier alpha value is -6.60. The van der Waals surface area contributed by atoms with Crippen molar-refractivity contribution in [3.05, 3.63) is 193 Å². The molecule has 16 nitrogen and oxygen atoms in total. The fourth-order valence-electron chi connectivity index (χ4n) is 13.6. The maximum absolute atomic E-state index is 12.3. The summed E-state index contributed by atoms with van der Waals surface area (Å²) in [5, 5.41) is 52.9. The van der Waals surface area contributed by atoms with Crippen molar-refractivity contribution in [3.8, 4) is 0 Å². The fourth-order valence-corrected chi connectivity index (χ4v) is 13.6. The molecule has 4 aromatic carbocycles. The van der Waals surface area contributed by atoms with E-state index >= 15 is 0 Å². The Kier molecular flexibility index (Phi) is 38.2.